The Kier molecular flexibility index (Phi) is 4.22. The second-order valence-electron chi connectivity index (χ2n) is 8.48. The van der Waals surface area contributed by atoms with Crippen LogP contribution in [0.2, 0.25) is 0 Å². The van der Waals surface area contributed by atoms with Crippen LogP contribution >= 0.6 is 0 Å². The van der Waals surface area contributed by atoms with Crippen LogP contribution in [0.1, 0.15) is 30.4 Å². The first kappa shape index (κ1) is 17.5. The number of hydrogen-bond donors (Lipinski definition) is 2. The number of benzene rings is 1. The lowest BCUT2D eigenvalue weighted by Gasteiger charge is -2.59. The number of rotatable bonds is 6. The number of nitrogens with zero attached hydrogens (tertiary/aromatic N) is 1. The molecule has 1 aromatic carbocycles. The summed E-state index contributed by atoms with van der Waals surface area (Å²) in [6.07, 6.45) is 6.69. The summed E-state index contributed by atoms with van der Waals surface area (Å²) in [4.78, 5) is 2.63. The molecule has 5 heteroatoms. The highest BCUT2D eigenvalue weighted by atomic mass is 16.5. The number of piperidine rings is 1. The van der Waals surface area contributed by atoms with E-state index in [-0.39, 0.29) is 24.2 Å². The van der Waals surface area contributed by atoms with E-state index < -0.39 is 0 Å². The first-order valence-electron chi connectivity index (χ1n) is 10.3. The third-order valence-electron chi connectivity index (χ3n) is 7.52. The van der Waals surface area contributed by atoms with Crippen molar-refractivity contribution in [3.63, 3.8) is 0 Å². The highest BCUT2D eigenvalue weighted by Crippen LogP contribution is 2.63. The van der Waals surface area contributed by atoms with Crippen LogP contribution in [0.25, 0.3) is 0 Å². The van der Waals surface area contributed by atoms with E-state index in [1.54, 1.807) is 7.11 Å². The third kappa shape index (κ3) is 2.28. The highest BCUT2D eigenvalue weighted by Gasteiger charge is 2.65. The van der Waals surface area contributed by atoms with Crippen molar-refractivity contribution in [2.24, 2.45) is 5.92 Å². The van der Waals surface area contributed by atoms with Crippen LogP contribution in [-0.2, 0) is 11.8 Å². The van der Waals surface area contributed by atoms with E-state index in [0.29, 0.717) is 18.5 Å². The molecule has 2 fully saturated rings. The van der Waals surface area contributed by atoms with Crippen molar-refractivity contribution in [1.29, 1.82) is 0 Å². The van der Waals surface area contributed by atoms with Gasteiger partial charge in [-0.15, -0.1) is 6.58 Å². The minimum absolute atomic E-state index is 0.0746. The van der Waals surface area contributed by atoms with E-state index in [1.807, 2.05) is 6.08 Å². The van der Waals surface area contributed by atoms with E-state index in [0.717, 1.165) is 43.9 Å². The predicted molar refractivity (Wildman–Crippen MR) is 105 cm³/mol. The molecule has 146 valence electrons. The Morgan fingerprint density at radius 1 is 1.44 bits per heavy atom. The maximum atomic E-state index is 9.33. The van der Waals surface area contributed by atoms with Crippen LogP contribution in [0.3, 0.4) is 0 Å². The second kappa shape index (κ2) is 6.50. The van der Waals surface area contributed by atoms with Gasteiger partial charge in [0, 0.05) is 36.2 Å². The smallest absolute Gasteiger partial charge is 0.165 e. The summed E-state index contributed by atoms with van der Waals surface area (Å²) in [6, 6.07) is 5.18. The molecular formula is C22H30N2O3. The Morgan fingerprint density at radius 2 is 2.33 bits per heavy atom. The minimum Gasteiger partial charge on any atom is -0.493 e. The summed E-state index contributed by atoms with van der Waals surface area (Å²) >= 11 is 0. The maximum Gasteiger partial charge on any atom is 0.165 e. The van der Waals surface area contributed by atoms with Crippen LogP contribution in [0.4, 0.5) is 0 Å². The average Bonchev–Trinajstić information content (AvgIpc) is 3.03. The molecule has 4 aliphatic rings. The summed E-state index contributed by atoms with van der Waals surface area (Å²) < 4.78 is 12.4. The fourth-order valence-electron chi connectivity index (χ4n) is 6.63. The molecule has 2 N–H and O–H groups in total. The van der Waals surface area contributed by atoms with Gasteiger partial charge in [-0.25, -0.2) is 0 Å². The monoisotopic (exact) mass is 370 g/mol. The fourth-order valence-corrected chi connectivity index (χ4v) is 6.63. The predicted octanol–water partition coefficient (Wildman–Crippen LogP) is 1.87. The summed E-state index contributed by atoms with van der Waals surface area (Å²) in [5, 5.41) is 12.9. The van der Waals surface area contributed by atoms with Crippen molar-refractivity contribution in [2.45, 2.75) is 49.3 Å². The quantitative estimate of drug-likeness (QED) is 0.749. The van der Waals surface area contributed by atoms with Gasteiger partial charge < -0.3 is 19.9 Å². The Bertz CT molecular complexity index is 751. The molecular weight excluding hydrogens is 340 g/mol. The fraction of sp³-hybridized carbons (Fsp3) is 0.636. The molecule has 5 nitrogen and oxygen atoms in total. The standard InChI is InChI=1S/C22H30N2O3/c1-3-10-24-11-8-22-15-5-6-16(23-9-12-25)21(22)27-20-18(26-2)7-4-14(19(20)22)13-17(15)24/h3-4,7,15-17,21,23,25H,1,5-6,8-13H2,2H3/t15?,16?,17?,21-,22-/m1/s1. The molecule has 1 aromatic rings. The van der Waals surface area contributed by atoms with Crippen molar-refractivity contribution in [3.05, 3.63) is 35.9 Å². The molecule has 2 aliphatic heterocycles. The zero-order valence-electron chi connectivity index (χ0n) is 16.1. The summed E-state index contributed by atoms with van der Waals surface area (Å²) in [5.41, 5.74) is 2.94. The van der Waals surface area contributed by atoms with Gasteiger partial charge in [0.1, 0.15) is 6.10 Å². The van der Waals surface area contributed by atoms with Gasteiger partial charge in [0.2, 0.25) is 0 Å². The van der Waals surface area contributed by atoms with Crippen molar-refractivity contribution >= 4 is 0 Å². The lowest BCUT2D eigenvalue weighted by atomic mass is 9.51. The Morgan fingerprint density at radius 3 is 3.11 bits per heavy atom. The molecule has 27 heavy (non-hydrogen) atoms. The van der Waals surface area contributed by atoms with Gasteiger partial charge in [-0.05, 0) is 49.8 Å². The SMILES string of the molecule is C=CCN1CC[C@@]23c4c5ccc(OC)c4O[C@@H]2C(NCCO)CCC3C1C5. The topological polar surface area (TPSA) is 54.0 Å². The minimum atomic E-state index is 0.0746. The van der Waals surface area contributed by atoms with Crippen LogP contribution in [0, 0.1) is 5.92 Å². The molecule has 1 saturated heterocycles. The lowest BCUT2D eigenvalue weighted by Crippen LogP contribution is -2.68. The van der Waals surface area contributed by atoms with Crippen LogP contribution in [-0.4, -0.2) is 61.5 Å². The molecule has 0 radical (unpaired) electrons. The summed E-state index contributed by atoms with van der Waals surface area (Å²) in [6.45, 7) is 6.83. The number of aliphatic hydroxyl groups excluding tert-OH is 1. The Labute approximate surface area is 161 Å². The Balaban J connectivity index is 1.64. The molecule has 3 unspecified atom stereocenters. The van der Waals surface area contributed by atoms with Gasteiger partial charge in [0.15, 0.2) is 11.5 Å². The van der Waals surface area contributed by atoms with Gasteiger partial charge in [0.25, 0.3) is 0 Å². The van der Waals surface area contributed by atoms with E-state index >= 15 is 0 Å². The third-order valence-corrected chi connectivity index (χ3v) is 7.52. The first-order valence-corrected chi connectivity index (χ1v) is 10.3. The number of ether oxygens (including phenoxy) is 2. The van der Waals surface area contributed by atoms with E-state index in [9.17, 15) is 5.11 Å². The first-order chi connectivity index (χ1) is 13.2. The van der Waals surface area contributed by atoms with Crippen molar-refractivity contribution in [3.8, 4) is 11.5 Å². The Hall–Kier alpha value is -1.56. The molecule has 5 rings (SSSR count). The van der Waals surface area contributed by atoms with E-state index in [1.165, 1.54) is 17.5 Å². The summed E-state index contributed by atoms with van der Waals surface area (Å²) in [5.74, 6) is 2.46. The van der Waals surface area contributed by atoms with Gasteiger partial charge >= 0.3 is 0 Å². The van der Waals surface area contributed by atoms with Gasteiger partial charge in [-0.2, -0.15) is 0 Å². The molecule has 1 saturated carbocycles. The molecule has 2 bridgehead atoms. The maximum absolute atomic E-state index is 9.33. The second-order valence-corrected chi connectivity index (χ2v) is 8.48. The zero-order valence-corrected chi connectivity index (χ0v) is 16.1. The van der Waals surface area contributed by atoms with Gasteiger partial charge in [-0.1, -0.05) is 12.1 Å². The normalized spacial score (nSPS) is 36.1. The molecule has 5 atom stereocenters. The zero-order chi connectivity index (χ0) is 18.6. The number of likely N-dealkylation sites (tertiary alicyclic amines) is 1. The number of nitrogens with one attached hydrogen (secondary N) is 1. The van der Waals surface area contributed by atoms with E-state index in [2.05, 4.69) is 28.9 Å². The molecule has 2 heterocycles. The van der Waals surface area contributed by atoms with Crippen LogP contribution in [0.15, 0.2) is 24.8 Å². The number of aliphatic hydroxyl groups is 1. The van der Waals surface area contributed by atoms with Gasteiger partial charge in [-0.3, -0.25) is 4.90 Å². The number of methoxy groups -OCH3 is 1. The average molecular weight is 370 g/mol. The lowest BCUT2D eigenvalue weighted by molar-refractivity contribution is -0.0619. The van der Waals surface area contributed by atoms with Crippen molar-refractivity contribution < 1.29 is 14.6 Å². The van der Waals surface area contributed by atoms with Crippen LogP contribution in [0.5, 0.6) is 11.5 Å². The van der Waals surface area contributed by atoms with E-state index in [4.69, 9.17) is 9.47 Å². The largest absolute Gasteiger partial charge is 0.493 e. The van der Waals surface area contributed by atoms with Crippen molar-refractivity contribution in [2.75, 3.05) is 33.4 Å². The molecule has 1 spiro atoms. The number of hydrogen-bond acceptors (Lipinski definition) is 5. The molecule has 2 aliphatic carbocycles. The summed E-state index contributed by atoms with van der Waals surface area (Å²) in [7, 11) is 1.73. The molecule has 0 aromatic heterocycles. The highest BCUT2D eigenvalue weighted by molar-refractivity contribution is 5.61. The molecule has 0 amide bonds. The van der Waals surface area contributed by atoms with Crippen molar-refractivity contribution in [1.82, 2.24) is 10.2 Å². The van der Waals surface area contributed by atoms with Crippen LogP contribution < -0.4 is 14.8 Å². The van der Waals surface area contributed by atoms with Gasteiger partial charge in [0.05, 0.1) is 13.7 Å².